The highest BCUT2D eigenvalue weighted by Gasteiger charge is 2.23. The summed E-state index contributed by atoms with van der Waals surface area (Å²) < 4.78 is 4.81. The number of hydrogen-bond donors (Lipinski definition) is 1. The van der Waals surface area contributed by atoms with Crippen LogP contribution in [0, 0.1) is 0 Å². The molecule has 0 spiro atoms. The topological polar surface area (TPSA) is 77.4 Å². The minimum absolute atomic E-state index is 0.519. The van der Waals surface area contributed by atoms with E-state index in [1.54, 1.807) is 6.92 Å². The summed E-state index contributed by atoms with van der Waals surface area (Å²) in [5, 5.41) is 8.68. The molecule has 0 rings (SSSR count). The number of aliphatic imine (C=N–C) groups is 1. The van der Waals surface area contributed by atoms with Gasteiger partial charge in [-0.3, -0.25) is 0 Å². The largest absolute Gasteiger partial charge is 0.480 e. The zero-order valence-corrected chi connectivity index (χ0v) is 7.76. The number of carbonyl (C=O) groups is 1. The highest BCUT2D eigenvalue weighted by atomic mass is 17.2. The Morgan fingerprint density at radius 3 is 2.54 bits per heavy atom. The number of carboxylic acids is 1. The number of aliphatic carboxylic acids is 1. The molecule has 0 bridgehead atoms. The van der Waals surface area contributed by atoms with E-state index in [4.69, 9.17) is 9.84 Å². The summed E-state index contributed by atoms with van der Waals surface area (Å²) in [6, 6.07) is -0.986. The van der Waals surface area contributed by atoms with E-state index in [0.29, 0.717) is 0 Å². The molecular weight excluding hydrogens is 178 g/mol. The van der Waals surface area contributed by atoms with Crippen LogP contribution in [0.25, 0.3) is 0 Å². The number of rotatable bonds is 6. The molecule has 2 atom stereocenters. The lowest BCUT2D eigenvalue weighted by atomic mass is 10.2. The molecule has 0 aliphatic carbocycles. The van der Waals surface area contributed by atoms with E-state index in [1.807, 2.05) is 0 Å². The van der Waals surface area contributed by atoms with Gasteiger partial charge in [-0.1, -0.05) is 0 Å². The van der Waals surface area contributed by atoms with Crippen molar-refractivity contribution in [3.05, 3.63) is 0 Å². The summed E-state index contributed by atoms with van der Waals surface area (Å²) in [5.74, 6) is -1.08. The van der Waals surface area contributed by atoms with Crippen LogP contribution in [0.15, 0.2) is 4.99 Å². The Balaban J connectivity index is 4.17. The third-order valence-corrected chi connectivity index (χ3v) is 1.43. The van der Waals surface area contributed by atoms with E-state index >= 15 is 0 Å². The molecule has 0 heterocycles. The highest BCUT2D eigenvalue weighted by Crippen LogP contribution is 2.02. The zero-order valence-electron chi connectivity index (χ0n) is 7.76. The van der Waals surface area contributed by atoms with Crippen molar-refractivity contribution in [1.82, 2.24) is 0 Å². The molecule has 76 valence electrons. The van der Waals surface area contributed by atoms with Crippen LogP contribution >= 0.6 is 0 Å². The van der Waals surface area contributed by atoms with Gasteiger partial charge in [0.05, 0.1) is 13.2 Å². The van der Waals surface area contributed by atoms with Gasteiger partial charge < -0.3 is 14.7 Å². The summed E-state index contributed by atoms with van der Waals surface area (Å²) in [6.07, 6.45) is 0.406. The average molecular weight is 191 g/mol. The Morgan fingerprint density at radius 2 is 2.15 bits per heavy atom. The standard InChI is InChI=1S/C7H13NO5/c1-5(11-2)6(7(9)10)8-4-13-12-3/h4-6H,1-3H3,(H,9,10)/b8-4+/t5-,6+/m1/s1. The Labute approximate surface area is 76.0 Å². The molecule has 0 fully saturated rings. The van der Waals surface area contributed by atoms with Gasteiger partial charge in [-0.05, 0) is 6.92 Å². The predicted molar refractivity (Wildman–Crippen MR) is 44.5 cm³/mol. The SMILES string of the molecule is COO/C=N/[C@H](C(=O)O)[C@@H](C)OC. The van der Waals surface area contributed by atoms with Gasteiger partial charge in [0, 0.05) is 7.11 Å². The number of nitrogens with zero attached hydrogens (tertiary/aromatic N) is 1. The minimum Gasteiger partial charge on any atom is -0.480 e. The molecule has 0 saturated heterocycles. The van der Waals surface area contributed by atoms with Gasteiger partial charge in [-0.2, -0.15) is 4.89 Å². The molecule has 13 heavy (non-hydrogen) atoms. The maximum atomic E-state index is 10.6. The second kappa shape index (κ2) is 6.38. The van der Waals surface area contributed by atoms with Gasteiger partial charge in [0.2, 0.25) is 6.40 Å². The molecule has 0 aromatic heterocycles. The van der Waals surface area contributed by atoms with Crippen molar-refractivity contribution in [2.45, 2.75) is 19.1 Å². The Hall–Kier alpha value is -1.14. The Morgan fingerprint density at radius 1 is 1.54 bits per heavy atom. The molecule has 6 heteroatoms. The van der Waals surface area contributed by atoms with Crippen LogP contribution in [0.2, 0.25) is 0 Å². The molecule has 6 nitrogen and oxygen atoms in total. The van der Waals surface area contributed by atoms with Crippen molar-refractivity contribution in [2.75, 3.05) is 14.2 Å². The first-order valence-corrected chi connectivity index (χ1v) is 3.60. The summed E-state index contributed by atoms with van der Waals surface area (Å²) in [7, 11) is 2.70. The quantitative estimate of drug-likeness (QED) is 0.278. The van der Waals surface area contributed by atoms with Crippen molar-refractivity contribution in [3.8, 4) is 0 Å². The number of ether oxygens (including phenoxy) is 1. The van der Waals surface area contributed by atoms with Crippen LogP contribution in [0.5, 0.6) is 0 Å². The average Bonchev–Trinajstić information content (AvgIpc) is 2.11. The number of hydrogen-bond acceptors (Lipinski definition) is 5. The molecule has 0 aromatic carbocycles. The molecule has 0 unspecified atom stereocenters. The van der Waals surface area contributed by atoms with Gasteiger partial charge in [0.1, 0.15) is 0 Å². The van der Waals surface area contributed by atoms with Crippen LogP contribution < -0.4 is 0 Å². The molecule has 0 aromatic rings. The van der Waals surface area contributed by atoms with E-state index in [-0.39, 0.29) is 0 Å². The van der Waals surface area contributed by atoms with Gasteiger partial charge in [0.15, 0.2) is 6.04 Å². The monoisotopic (exact) mass is 191 g/mol. The van der Waals surface area contributed by atoms with Crippen molar-refractivity contribution >= 4 is 12.4 Å². The Bertz CT molecular complexity index is 182. The van der Waals surface area contributed by atoms with Gasteiger partial charge in [0.25, 0.3) is 0 Å². The Kier molecular flexibility index (Phi) is 5.82. The zero-order chi connectivity index (χ0) is 10.3. The van der Waals surface area contributed by atoms with Crippen molar-refractivity contribution in [1.29, 1.82) is 0 Å². The molecule has 1 N–H and O–H groups in total. The van der Waals surface area contributed by atoms with Gasteiger partial charge >= 0.3 is 5.97 Å². The lowest BCUT2D eigenvalue weighted by molar-refractivity contribution is -0.188. The second-order valence-electron chi connectivity index (χ2n) is 2.24. The van der Waals surface area contributed by atoms with E-state index in [9.17, 15) is 4.79 Å². The smallest absolute Gasteiger partial charge is 0.331 e. The van der Waals surface area contributed by atoms with Crippen LogP contribution in [-0.4, -0.2) is 43.8 Å². The van der Waals surface area contributed by atoms with Crippen LogP contribution in [0.1, 0.15) is 6.92 Å². The highest BCUT2D eigenvalue weighted by molar-refractivity contribution is 5.75. The maximum absolute atomic E-state index is 10.6. The fraction of sp³-hybridized carbons (Fsp3) is 0.714. The van der Waals surface area contributed by atoms with E-state index in [1.165, 1.54) is 14.2 Å². The summed E-state index contributed by atoms with van der Waals surface area (Å²) in [5.41, 5.74) is 0. The van der Waals surface area contributed by atoms with Crippen LogP contribution in [-0.2, 0) is 19.3 Å². The molecule has 0 radical (unpaired) electrons. The number of methoxy groups -OCH3 is 1. The fourth-order valence-electron chi connectivity index (χ4n) is 0.648. The maximum Gasteiger partial charge on any atom is 0.331 e. The normalized spacial score (nSPS) is 15.6. The third-order valence-electron chi connectivity index (χ3n) is 1.43. The second-order valence-corrected chi connectivity index (χ2v) is 2.24. The van der Waals surface area contributed by atoms with Crippen LogP contribution in [0.3, 0.4) is 0 Å². The predicted octanol–water partition coefficient (Wildman–Crippen LogP) is 0.0808. The van der Waals surface area contributed by atoms with Crippen molar-refractivity contribution in [2.24, 2.45) is 4.99 Å². The first-order valence-electron chi connectivity index (χ1n) is 3.60. The van der Waals surface area contributed by atoms with E-state index in [2.05, 4.69) is 14.8 Å². The molecule has 0 aliphatic heterocycles. The molecule has 0 aliphatic rings. The van der Waals surface area contributed by atoms with Gasteiger partial charge in [-0.15, -0.1) is 0 Å². The fourth-order valence-corrected chi connectivity index (χ4v) is 0.648. The first kappa shape index (κ1) is 11.9. The van der Waals surface area contributed by atoms with Crippen LogP contribution in [0.4, 0.5) is 0 Å². The lowest BCUT2D eigenvalue weighted by Gasteiger charge is -2.13. The number of carboxylic acid groups (broad SMARTS) is 1. The molecule has 0 amide bonds. The lowest BCUT2D eigenvalue weighted by Crippen LogP contribution is -2.31. The summed E-state index contributed by atoms with van der Waals surface area (Å²) in [4.78, 5) is 22.7. The molecule has 0 saturated carbocycles. The van der Waals surface area contributed by atoms with E-state index < -0.39 is 18.1 Å². The minimum atomic E-state index is -1.08. The van der Waals surface area contributed by atoms with E-state index in [0.717, 1.165) is 6.40 Å². The molecular formula is C7H13NO5. The third kappa shape index (κ3) is 4.44. The van der Waals surface area contributed by atoms with Gasteiger partial charge in [-0.25, -0.2) is 9.79 Å². The van der Waals surface area contributed by atoms with Crippen molar-refractivity contribution in [3.63, 3.8) is 0 Å². The summed E-state index contributed by atoms with van der Waals surface area (Å²) >= 11 is 0. The first-order chi connectivity index (χ1) is 6.13. The summed E-state index contributed by atoms with van der Waals surface area (Å²) in [6.45, 7) is 1.60. The van der Waals surface area contributed by atoms with Crippen molar-refractivity contribution < 1.29 is 24.4 Å².